The highest BCUT2D eigenvalue weighted by Crippen LogP contribution is 2.17. The minimum absolute atomic E-state index is 0.0204. The van der Waals surface area contributed by atoms with E-state index in [9.17, 15) is 54.9 Å². The molecule has 1 heterocycles. The third kappa shape index (κ3) is 15.3. The first kappa shape index (κ1) is 44.7. The molecular formula is C34H56N4O14. The number of ether oxygens (including phenoxy) is 3. The van der Waals surface area contributed by atoms with Crippen LogP contribution in [0, 0.1) is 0 Å². The summed E-state index contributed by atoms with van der Waals surface area (Å²) in [5.74, 6) is -4.43. The normalized spacial score (nSPS) is 18.4. The molecule has 296 valence electrons. The van der Waals surface area contributed by atoms with Gasteiger partial charge in [0.15, 0.2) is 0 Å². The lowest BCUT2D eigenvalue weighted by Gasteiger charge is -2.39. The molecule has 1 aromatic rings. The van der Waals surface area contributed by atoms with Gasteiger partial charge in [0, 0.05) is 59.0 Å². The second kappa shape index (κ2) is 24.7. The Labute approximate surface area is 303 Å². The Morgan fingerprint density at radius 3 is 1.31 bits per heavy atom. The summed E-state index contributed by atoms with van der Waals surface area (Å²) in [4.78, 5) is 54.6. The molecule has 18 heteroatoms. The van der Waals surface area contributed by atoms with Crippen molar-refractivity contribution in [2.24, 2.45) is 0 Å². The summed E-state index contributed by atoms with van der Waals surface area (Å²) >= 11 is 0. The van der Waals surface area contributed by atoms with Crippen molar-refractivity contribution in [1.82, 2.24) is 19.6 Å². The number of aliphatic carboxylic acids is 4. The molecule has 0 amide bonds. The molecule has 0 bridgehead atoms. The van der Waals surface area contributed by atoms with E-state index in [1.807, 2.05) is 31.2 Å². The zero-order valence-corrected chi connectivity index (χ0v) is 29.8. The van der Waals surface area contributed by atoms with Gasteiger partial charge in [-0.25, -0.2) is 0 Å². The smallest absolute Gasteiger partial charge is 0.323 e. The number of aliphatic hydroxyl groups is 3. The molecule has 1 saturated heterocycles. The maximum absolute atomic E-state index is 12.7. The van der Waals surface area contributed by atoms with Gasteiger partial charge < -0.3 is 50.0 Å². The van der Waals surface area contributed by atoms with E-state index in [4.69, 9.17) is 14.2 Å². The average molecular weight is 745 g/mol. The van der Waals surface area contributed by atoms with Crippen LogP contribution >= 0.6 is 0 Å². The number of hydrogen-bond donors (Lipinski definition) is 7. The van der Waals surface area contributed by atoms with E-state index in [2.05, 4.69) is 0 Å². The molecule has 0 saturated carbocycles. The van der Waals surface area contributed by atoms with Gasteiger partial charge in [0.25, 0.3) is 0 Å². The van der Waals surface area contributed by atoms with E-state index in [-0.39, 0.29) is 58.8 Å². The molecular weight excluding hydrogens is 688 g/mol. The van der Waals surface area contributed by atoms with Gasteiger partial charge in [0.2, 0.25) is 0 Å². The highest BCUT2D eigenvalue weighted by molar-refractivity contribution is 5.75. The van der Waals surface area contributed by atoms with E-state index in [1.165, 1.54) is 14.7 Å². The van der Waals surface area contributed by atoms with Crippen molar-refractivity contribution < 1.29 is 69.1 Å². The fourth-order valence-electron chi connectivity index (χ4n) is 6.07. The fourth-order valence-corrected chi connectivity index (χ4v) is 6.07. The van der Waals surface area contributed by atoms with Crippen LogP contribution in [0.4, 0.5) is 0 Å². The van der Waals surface area contributed by atoms with Gasteiger partial charge in [-0.3, -0.25) is 38.8 Å². The van der Waals surface area contributed by atoms with Gasteiger partial charge in [-0.15, -0.1) is 0 Å². The standard InChI is InChI=1S/C34H56N4O14/c1-2-50-18-19-51-20-21-52-26-8-6-25(7-9-26)4-3-5-27(31(42)43)35-10-12-36(28(22-39)32(44)45)14-16-38(30(24-41)34(48)49)17-15-37(13-11-35)29(23-40)33(46)47/h6-9,27-30,39-41H,2-5,10-24H2,1H3,(H,42,43)(H,44,45)(H,46,47)(H,48,49)/t27-,28-,29-,30-/m0/s1. The fraction of sp³-hybridized carbons (Fsp3) is 0.706. The first-order valence-corrected chi connectivity index (χ1v) is 17.5. The lowest BCUT2D eigenvalue weighted by atomic mass is 10.0. The Kier molecular flexibility index (Phi) is 21.2. The van der Waals surface area contributed by atoms with Crippen LogP contribution < -0.4 is 4.74 Å². The van der Waals surface area contributed by atoms with Crippen LogP contribution in [0.3, 0.4) is 0 Å². The van der Waals surface area contributed by atoms with Gasteiger partial charge in [-0.05, 0) is 43.9 Å². The van der Waals surface area contributed by atoms with Crippen LogP contribution in [-0.2, 0) is 35.1 Å². The molecule has 0 spiro atoms. The van der Waals surface area contributed by atoms with Crippen molar-refractivity contribution in [3.05, 3.63) is 29.8 Å². The van der Waals surface area contributed by atoms with Crippen LogP contribution in [0.25, 0.3) is 0 Å². The largest absolute Gasteiger partial charge is 0.491 e. The molecule has 1 aromatic carbocycles. The van der Waals surface area contributed by atoms with Crippen LogP contribution in [0.5, 0.6) is 5.75 Å². The molecule has 7 N–H and O–H groups in total. The number of carbonyl (C=O) groups is 4. The summed E-state index contributed by atoms with van der Waals surface area (Å²) in [7, 11) is 0. The number of aliphatic hydroxyl groups excluding tert-OH is 3. The highest BCUT2D eigenvalue weighted by Gasteiger charge is 2.34. The van der Waals surface area contributed by atoms with Gasteiger partial charge in [-0.1, -0.05) is 12.1 Å². The molecule has 0 aliphatic carbocycles. The SMILES string of the molecule is CCOCCOCCOc1ccc(CCC[C@@H](C(=O)O)N2CCN([C@@H](CO)C(=O)O)CCN([C@@H](CO)C(=O)O)CCN([C@@H](CO)C(=O)O)CC2)cc1. The maximum atomic E-state index is 12.7. The number of benzene rings is 1. The molecule has 1 aliphatic rings. The quantitative estimate of drug-likeness (QED) is 0.0627. The number of carboxylic acids is 4. The van der Waals surface area contributed by atoms with E-state index < -0.39 is 67.9 Å². The first-order valence-electron chi connectivity index (χ1n) is 17.5. The third-order valence-corrected chi connectivity index (χ3v) is 9.06. The molecule has 0 radical (unpaired) electrons. The third-order valence-electron chi connectivity index (χ3n) is 9.06. The van der Waals surface area contributed by atoms with Crippen molar-refractivity contribution in [2.75, 3.05) is 105 Å². The molecule has 2 rings (SSSR count). The summed E-state index contributed by atoms with van der Waals surface area (Å²) in [6, 6.07) is 2.29. The number of aryl methyl sites for hydroxylation is 1. The van der Waals surface area contributed by atoms with Crippen molar-refractivity contribution in [2.45, 2.75) is 50.4 Å². The Hall–Kier alpha value is -3.46. The van der Waals surface area contributed by atoms with Gasteiger partial charge in [0.1, 0.15) is 36.5 Å². The predicted molar refractivity (Wildman–Crippen MR) is 185 cm³/mol. The molecule has 18 nitrogen and oxygen atoms in total. The van der Waals surface area contributed by atoms with E-state index in [0.717, 1.165) is 5.56 Å². The summed E-state index contributed by atoms with van der Waals surface area (Å²) < 4.78 is 16.4. The zero-order chi connectivity index (χ0) is 38.5. The maximum Gasteiger partial charge on any atom is 0.323 e. The Morgan fingerprint density at radius 1 is 0.577 bits per heavy atom. The minimum Gasteiger partial charge on any atom is -0.491 e. The number of rotatable bonds is 23. The van der Waals surface area contributed by atoms with E-state index >= 15 is 0 Å². The van der Waals surface area contributed by atoms with Crippen molar-refractivity contribution in [1.29, 1.82) is 0 Å². The first-order chi connectivity index (χ1) is 25.0. The number of nitrogens with zero attached hydrogens (tertiary/aromatic N) is 4. The molecule has 0 aromatic heterocycles. The van der Waals surface area contributed by atoms with Gasteiger partial charge >= 0.3 is 23.9 Å². The minimum atomic E-state index is -1.38. The van der Waals surface area contributed by atoms with Crippen molar-refractivity contribution in [3.63, 3.8) is 0 Å². The topological polar surface area (TPSA) is 251 Å². The molecule has 0 unspecified atom stereocenters. The van der Waals surface area contributed by atoms with Crippen LogP contribution in [0.15, 0.2) is 24.3 Å². The second-order valence-electron chi connectivity index (χ2n) is 12.3. The van der Waals surface area contributed by atoms with Crippen molar-refractivity contribution in [3.8, 4) is 5.75 Å². The van der Waals surface area contributed by atoms with Gasteiger partial charge in [0.05, 0.1) is 39.6 Å². The Bertz CT molecular complexity index is 1170. The van der Waals surface area contributed by atoms with Crippen molar-refractivity contribution >= 4 is 23.9 Å². The predicted octanol–water partition coefficient (Wildman–Crippen LogP) is -1.55. The molecule has 1 fully saturated rings. The van der Waals surface area contributed by atoms with Gasteiger partial charge in [-0.2, -0.15) is 0 Å². The van der Waals surface area contributed by atoms with Crippen LogP contribution in [0.1, 0.15) is 25.3 Å². The number of carboxylic acid groups (broad SMARTS) is 4. The lowest BCUT2D eigenvalue weighted by molar-refractivity contribution is -0.149. The van der Waals surface area contributed by atoms with E-state index in [0.29, 0.717) is 51.6 Å². The number of hydrogen-bond acceptors (Lipinski definition) is 14. The summed E-state index contributed by atoms with van der Waals surface area (Å²) in [6.45, 7) is 1.81. The lowest BCUT2D eigenvalue weighted by Crippen LogP contribution is -2.57. The van der Waals surface area contributed by atoms with E-state index in [1.54, 1.807) is 4.90 Å². The molecule has 4 atom stereocenters. The monoisotopic (exact) mass is 744 g/mol. The Morgan fingerprint density at radius 2 is 0.942 bits per heavy atom. The summed E-state index contributed by atoms with van der Waals surface area (Å²) in [5.41, 5.74) is 0.960. The average Bonchev–Trinajstić information content (AvgIpc) is 3.10. The van der Waals surface area contributed by atoms with Crippen LogP contribution in [0.2, 0.25) is 0 Å². The Balaban J connectivity index is 2.22. The van der Waals surface area contributed by atoms with Crippen LogP contribution in [-0.4, -0.2) is 209 Å². The second-order valence-corrected chi connectivity index (χ2v) is 12.3. The highest BCUT2D eigenvalue weighted by atomic mass is 16.5. The molecule has 52 heavy (non-hydrogen) atoms. The zero-order valence-electron chi connectivity index (χ0n) is 29.8. The molecule has 1 aliphatic heterocycles. The summed E-state index contributed by atoms with van der Waals surface area (Å²) in [6.07, 6.45) is 1.24. The summed E-state index contributed by atoms with van der Waals surface area (Å²) in [5, 5.41) is 69.5.